The van der Waals surface area contributed by atoms with E-state index in [1.54, 1.807) is 6.92 Å². The molecule has 1 unspecified atom stereocenters. The molecule has 66 valence electrons. The zero-order valence-corrected chi connectivity index (χ0v) is 6.74. The Balaban J connectivity index is 3.04. The van der Waals surface area contributed by atoms with Crippen molar-refractivity contribution in [3.05, 3.63) is 18.0 Å². The molecule has 4 N–H and O–H groups in total. The van der Waals surface area contributed by atoms with Crippen molar-refractivity contribution in [2.45, 2.75) is 18.9 Å². The fourth-order valence-corrected chi connectivity index (χ4v) is 0.974. The molecule has 0 spiro atoms. The molecular formula is C7H11N3O2. The molecule has 0 saturated carbocycles. The molecule has 0 saturated heterocycles. The van der Waals surface area contributed by atoms with Gasteiger partial charge in [-0.15, -0.1) is 0 Å². The molecule has 0 aliphatic carbocycles. The molecule has 5 heteroatoms. The highest BCUT2D eigenvalue weighted by molar-refractivity contribution is 5.80. The van der Waals surface area contributed by atoms with Crippen LogP contribution in [0.25, 0.3) is 0 Å². The molecule has 1 rings (SSSR count). The maximum absolute atomic E-state index is 10.8. The van der Waals surface area contributed by atoms with E-state index in [0.29, 0.717) is 12.0 Å². The van der Waals surface area contributed by atoms with Crippen LogP contribution in [0.2, 0.25) is 0 Å². The minimum Gasteiger partial charge on any atom is -0.480 e. The topological polar surface area (TPSA) is 92.0 Å². The lowest BCUT2D eigenvalue weighted by Gasteiger charge is -2.20. The van der Waals surface area contributed by atoms with Crippen LogP contribution in [0.5, 0.6) is 0 Å². The second-order valence-corrected chi connectivity index (χ2v) is 2.62. The predicted molar refractivity (Wildman–Crippen MR) is 42.4 cm³/mol. The molecule has 0 bridgehead atoms. The Morgan fingerprint density at radius 3 is 2.92 bits per heavy atom. The Kier molecular flexibility index (Phi) is 2.14. The average molecular weight is 169 g/mol. The zero-order chi connectivity index (χ0) is 9.19. The summed E-state index contributed by atoms with van der Waals surface area (Å²) in [6.07, 6.45) is 3.26. The number of aromatic nitrogens is 2. The van der Waals surface area contributed by atoms with Crippen LogP contribution < -0.4 is 5.73 Å². The van der Waals surface area contributed by atoms with Crippen LogP contribution in [0, 0.1) is 0 Å². The van der Waals surface area contributed by atoms with E-state index in [-0.39, 0.29) is 0 Å². The second-order valence-electron chi connectivity index (χ2n) is 2.62. The number of H-pyrrole nitrogens is 1. The van der Waals surface area contributed by atoms with Crippen molar-refractivity contribution in [2.24, 2.45) is 5.73 Å². The van der Waals surface area contributed by atoms with E-state index < -0.39 is 11.5 Å². The van der Waals surface area contributed by atoms with Crippen molar-refractivity contribution in [2.75, 3.05) is 0 Å². The maximum atomic E-state index is 10.8. The van der Waals surface area contributed by atoms with Gasteiger partial charge in [0.25, 0.3) is 0 Å². The summed E-state index contributed by atoms with van der Waals surface area (Å²) in [6, 6.07) is 0. The summed E-state index contributed by atoms with van der Waals surface area (Å²) in [5.41, 5.74) is 4.83. The Morgan fingerprint density at radius 2 is 2.58 bits per heavy atom. The van der Waals surface area contributed by atoms with Crippen molar-refractivity contribution in [1.29, 1.82) is 0 Å². The smallest absolute Gasteiger partial charge is 0.328 e. The average Bonchev–Trinajstić information content (AvgIpc) is 2.54. The van der Waals surface area contributed by atoms with Gasteiger partial charge >= 0.3 is 5.97 Å². The number of nitrogens with zero attached hydrogens (tertiary/aromatic N) is 1. The number of rotatable bonds is 3. The first-order valence-corrected chi connectivity index (χ1v) is 3.62. The molecule has 1 aromatic rings. The lowest BCUT2D eigenvalue weighted by atomic mass is 9.91. The quantitative estimate of drug-likeness (QED) is 0.596. The molecule has 0 aromatic carbocycles. The molecule has 12 heavy (non-hydrogen) atoms. The molecule has 1 aromatic heterocycles. The van der Waals surface area contributed by atoms with Gasteiger partial charge in [-0.25, -0.2) is 4.79 Å². The molecule has 5 nitrogen and oxygen atoms in total. The molecule has 0 radical (unpaired) electrons. The number of nitrogens with one attached hydrogen (secondary N) is 1. The minimum absolute atomic E-state index is 0.335. The van der Waals surface area contributed by atoms with Gasteiger partial charge in [0.1, 0.15) is 5.54 Å². The number of carbonyl (C=O) groups is 1. The van der Waals surface area contributed by atoms with Crippen molar-refractivity contribution < 1.29 is 9.90 Å². The number of nitrogens with two attached hydrogens (primary N) is 1. The summed E-state index contributed by atoms with van der Waals surface area (Å²) in [4.78, 5) is 10.8. The zero-order valence-electron chi connectivity index (χ0n) is 6.74. The van der Waals surface area contributed by atoms with E-state index in [1.807, 2.05) is 0 Å². The third kappa shape index (κ3) is 1.18. The highest BCUT2D eigenvalue weighted by atomic mass is 16.4. The molecule has 1 atom stereocenters. The van der Waals surface area contributed by atoms with Crippen LogP contribution in [0.1, 0.15) is 18.9 Å². The highest BCUT2D eigenvalue weighted by Gasteiger charge is 2.34. The van der Waals surface area contributed by atoms with Crippen LogP contribution in [0.3, 0.4) is 0 Å². The van der Waals surface area contributed by atoms with Crippen molar-refractivity contribution in [3.8, 4) is 0 Å². The predicted octanol–water partition coefficient (Wildman–Crippen LogP) is 0.0583. The normalized spacial score (nSPS) is 15.5. The Bertz CT molecular complexity index is 270. The van der Waals surface area contributed by atoms with E-state index in [2.05, 4.69) is 10.2 Å². The van der Waals surface area contributed by atoms with Crippen molar-refractivity contribution in [1.82, 2.24) is 10.2 Å². The van der Waals surface area contributed by atoms with Crippen LogP contribution in [-0.4, -0.2) is 21.3 Å². The van der Waals surface area contributed by atoms with Crippen LogP contribution >= 0.6 is 0 Å². The van der Waals surface area contributed by atoms with E-state index in [0.717, 1.165) is 0 Å². The van der Waals surface area contributed by atoms with Crippen molar-refractivity contribution >= 4 is 5.97 Å². The first-order chi connectivity index (χ1) is 5.61. The molecular weight excluding hydrogens is 158 g/mol. The Labute approximate surface area is 69.6 Å². The summed E-state index contributed by atoms with van der Waals surface area (Å²) in [5, 5.41) is 15.0. The molecule has 0 amide bonds. The van der Waals surface area contributed by atoms with Crippen LogP contribution in [0.4, 0.5) is 0 Å². The summed E-state index contributed by atoms with van der Waals surface area (Å²) < 4.78 is 0. The third-order valence-electron chi connectivity index (χ3n) is 1.95. The first kappa shape index (κ1) is 8.73. The fourth-order valence-electron chi connectivity index (χ4n) is 0.974. The third-order valence-corrected chi connectivity index (χ3v) is 1.95. The van der Waals surface area contributed by atoms with E-state index in [4.69, 9.17) is 10.8 Å². The number of carboxylic acid groups (broad SMARTS) is 1. The van der Waals surface area contributed by atoms with E-state index >= 15 is 0 Å². The lowest BCUT2D eigenvalue weighted by molar-refractivity contribution is -0.143. The summed E-state index contributed by atoms with van der Waals surface area (Å²) in [5.74, 6) is -1.04. The van der Waals surface area contributed by atoms with Gasteiger partial charge in [-0.2, -0.15) is 5.10 Å². The minimum atomic E-state index is -1.31. The van der Waals surface area contributed by atoms with Gasteiger partial charge in [-0.1, -0.05) is 6.92 Å². The number of carboxylic acids is 1. The van der Waals surface area contributed by atoms with Gasteiger partial charge in [0.05, 0.1) is 6.20 Å². The molecule has 1 heterocycles. The van der Waals surface area contributed by atoms with Gasteiger partial charge in [-0.3, -0.25) is 5.10 Å². The van der Waals surface area contributed by atoms with Crippen LogP contribution in [-0.2, 0) is 10.3 Å². The molecule has 0 aliphatic heterocycles. The molecule has 0 fully saturated rings. The van der Waals surface area contributed by atoms with Gasteiger partial charge in [-0.05, 0) is 6.42 Å². The number of aromatic amines is 1. The monoisotopic (exact) mass is 169 g/mol. The maximum Gasteiger partial charge on any atom is 0.328 e. The van der Waals surface area contributed by atoms with Gasteiger partial charge < -0.3 is 10.8 Å². The van der Waals surface area contributed by atoms with Gasteiger partial charge in [0, 0.05) is 11.8 Å². The standard InChI is InChI=1S/C7H11N3O2/c1-2-7(8,6(11)12)5-3-9-10-4-5/h3-4H,2,8H2,1H3,(H,9,10)(H,11,12). The SMILES string of the molecule is CCC(N)(C(=O)O)c1cn[nH]c1. The van der Waals surface area contributed by atoms with Gasteiger partial charge in [0.15, 0.2) is 0 Å². The lowest BCUT2D eigenvalue weighted by Crippen LogP contribution is -2.43. The Hall–Kier alpha value is -1.36. The fraction of sp³-hybridized carbons (Fsp3) is 0.429. The van der Waals surface area contributed by atoms with E-state index in [1.165, 1.54) is 12.4 Å². The highest BCUT2D eigenvalue weighted by Crippen LogP contribution is 2.20. The summed E-state index contributed by atoms with van der Waals surface area (Å²) in [6.45, 7) is 1.72. The number of hydrogen-bond acceptors (Lipinski definition) is 3. The Morgan fingerprint density at radius 1 is 1.92 bits per heavy atom. The summed E-state index contributed by atoms with van der Waals surface area (Å²) >= 11 is 0. The van der Waals surface area contributed by atoms with Gasteiger partial charge in [0.2, 0.25) is 0 Å². The first-order valence-electron chi connectivity index (χ1n) is 3.62. The molecule has 0 aliphatic rings. The largest absolute Gasteiger partial charge is 0.480 e. The second kappa shape index (κ2) is 2.94. The number of hydrogen-bond donors (Lipinski definition) is 3. The summed E-state index contributed by atoms with van der Waals surface area (Å²) in [7, 11) is 0. The number of aliphatic carboxylic acids is 1. The van der Waals surface area contributed by atoms with E-state index in [9.17, 15) is 4.79 Å². The van der Waals surface area contributed by atoms with Crippen LogP contribution in [0.15, 0.2) is 12.4 Å². The van der Waals surface area contributed by atoms with Crippen molar-refractivity contribution in [3.63, 3.8) is 0 Å².